The summed E-state index contributed by atoms with van der Waals surface area (Å²) in [6, 6.07) is 0. The molecule has 0 radical (unpaired) electrons. The van der Waals surface area contributed by atoms with Crippen molar-refractivity contribution >= 4 is 17.9 Å². The van der Waals surface area contributed by atoms with E-state index in [0.717, 1.165) is 0 Å². The molecule has 0 rings (SSSR count). The molecule has 5 heteroatoms. The van der Waals surface area contributed by atoms with Crippen molar-refractivity contribution in [2.24, 2.45) is 16.5 Å². The fraction of sp³-hybridized carbons (Fsp3) is 0. The second kappa shape index (κ2) is 4.25. The number of hydrogen-bond donors (Lipinski definition) is 4. The molecule has 0 saturated carbocycles. The largest absolute Gasteiger partial charge is 0.405 e. The van der Waals surface area contributed by atoms with Crippen LogP contribution in [0, 0.1) is 10.8 Å². The second-order valence-electron chi connectivity index (χ2n) is 1.43. The lowest BCUT2D eigenvalue weighted by Crippen LogP contribution is -2.19. The van der Waals surface area contributed by atoms with Gasteiger partial charge in [0.05, 0.1) is 0 Å². The van der Waals surface area contributed by atoms with E-state index in [1.165, 1.54) is 18.5 Å². The van der Waals surface area contributed by atoms with Crippen molar-refractivity contribution in [3.63, 3.8) is 0 Å². The molecule has 0 saturated heterocycles. The molecule has 0 aromatic carbocycles. The van der Waals surface area contributed by atoms with E-state index in [9.17, 15) is 0 Å². The van der Waals surface area contributed by atoms with Gasteiger partial charge in [-0.15, -0.1) is 0 Å². The third-order valence-corrected chi connectivity index (χ3v) is 0.656. The number of hydrogen-bond acceptors (Lipinski definition) is 3. The quantitative estimate of drug-likeness (QED) is 0.288. The molecular weight excluding hydrogens is 130 g/mol. The summed E-state index contributed by atoms with van der Waals surface area (Å²) in [4.78, 5) is 3.46. The lowest BCUT2D eigenvalue weighted by Gasteiger charge is -1.88. The highest BCUT2D eigenvalue weighted by Gasteiger charge is 1.91. The van der Waals surface area contributed by atoms with Crippen LogP contribution in [0.15, 0.2) is 17.3 Å². The van der Waals surface area contributed by atoms with Gasteiger partial charge in [0.2, 0.25) is 0 Å². The number of allylic oxidation sites excluding steroid dienone is 1. The summed E-state index contributed by atoms with van der Waals surface area (Å²) in [7, 11) is 0. The van der Waals surface area contributed by atoms with Gasteiger partial charge < -0.3 is 11.5 Å². The van der Waals surface area contributed by atoms with Crippen LogP contribution in [0.3, 0.4) is 0 Å². The SMILES string of the molecule is N=C(N)C(=N)N=CC=CN. The molecule has 0 spiro atoms. The molecule has 0 amide bonds. The average molecular weight is 139 g/mol. The van der Waals surface area contributed by atoms with Crippen molar-refractivity contribution in [2.75, 3.05) is 0 Å². The van der Waals surface area contributed by atoms with Crippen LogP contribution in [0.25, 0.3) is 0 Å². The maximum Gasteiger partial charge on any atom is 0.187 e. The first-order chi connectivity index (χ1) is 4.68. The number of amidine groups is 2. The topological polar surface area (TPSA) is 112 Å². The Morgan fingerprint density at radius 2 is 2.00 bits per heavy atom. The maximum absolute atomic E-state index is 6.90. The van der Waals surface area contributed by atoms with Crippen LogP contribution in [0.1, 0.15) is 0 Å². The van der Waals surface area contributed by atoms with Crippen molar-refractivity contribution in [1.29, 1.82) is 10.8 Å². The normalized spacial score (nSPS) is 10.8. The smallest absolute Gasteiger partial charge is 0.187 e. The van der Waals surface area contributed by atoms with Crippen molar-refractivity contribution in [3.8, 4) is 0 Å². The van der Waals surface area contributed by atoms with Gasteiger partial charge >= 0.3 is 0 Å². The van der Waals surface area contributed by atoms with Gasteiger partial charge in [-0.05, 0) is 12.3 Å². The lowest BCUT2D eigenvalue weighted by molar-refractivity contribution is 1.41. The zero-order valence-electron chi connectivity index (χ0n) is 5.33. The Kier molecular flexibility index (Phi) is 3.55. The summed E-state index contributed by atoms with van der Waals surface area (Å²) in [5, 5.41) is 13.6. The Morgan fingerprint density at radius 3 is 2.40 bits per heavy atom. The van der Waals surface area contributed by atoms with Crippen LogP contribution in [0.2, 0.25) is 0 Å². The average Bonchev–Trinajstić information content (AvgIpc) is 1.88. The van der Waals surface area contributed by atoms with Gasteiger partial charge in [-0.3, -0.25) is 10.8 Å². The molecule has 0 bridgehead atoms. The van der Waals surface area contributed by atoms with E-state index < -0.39 is 0 Å². The minimum atomic E-state index is -0.360. The second-order valence-corrected chi connectivity index (χ2v) is 1.43. The highest BCUT2D eigenvalue weighted by Crippen LogP contribution is 1.72. The van der Waals surface area contributed by atoms with Crippen molar-refractivity contribution in [3.05, 3.63) is 12.3 Å². The van der Waals surface area contributed by atoms with Gasteiger partial charge in [0, 0.05) is 6.21 Å². The van der Waals surface area contributed by atoms with Crippen LogP contribution < -0.4 is 11.5 Å². The number of rotatable bonds is 1. The van der Waals surface area contributed by atoms with Gasteiger partial charge in [0.15, 0.2) is 11.7 Å². The molecule has 0 heterocycles. The first kappa shape index (κ1) is 8.35. The van der Waals surface area contributed by atoms with E-state index >= 15 is 0 Å². The summed E-state index contributed by atoms with van der Waals surface area (Å²) < 4.78 is 0. The summed E-state index contributed by atoms with van der Waals surface area (Å²) in [6.45, 7) is 0. The van der Waals surface area contributed by atoms with Crippen LogP contribution in [-0.2, 0) is 0 Å². The summed E-state index contributed by atoms with van der Waals surface area (Å²) in [5.74, 6) is -0.625. The monoisotopic (exact) mass is 139 g/mol. The zero-order valence-corrected chi connectivity index (χ0v) is 5.33. The summed E-state index contributed by atoms with van der Waals surface area (Å²) in [5.41, 5.74) is 9.87. The minimum absolute atomic E-state index is 0.266. The fourth-order valence-electron chi connectivity index (χ4n) is 0.237. The highest BCUT2D eigenvalue weighted by atomic mass is 14.9. The van der Waals surface area contributed by atoms with E-state index in [1.54, 1.807) is 0 Å². The van der Waals surface area contributed by atoms with E-state index in [4.69, 9.17) is 22.3 Å². The number of nitrogens with zero attached hydrogens (tertiary/aromatic N) is 1. The van der Waals surface area contributed by atoms with Gasteiger partial charge in [-0.1, -0.05) is 0 Å². The van der Waals surface area contributed by atoms with E-state index in [1.807, 2.05) is 0 Å². The van der Waals surface area contributed by atoms with Crippen molar-refractivity contribution in [1.82, 2.24) is 0 Å². The first-order valence-electron chi connectivity index (χ1n) is 2.52. The van der Waals surface area contributed by atoms with E-state index in [-0.39, 0.29) is 11.7 Å². The summed E-state index contributed by atoms with van der Waals surface area (Å²) >= 11 is 0. The molecule has 6 N–H and O–H groups in total. The van der Waals surface area contributed by atoms with Crippen LogP contribution >= 0.6 is 0 Å². The molecule has 54 valence electrons. The van der Waals surface area contributed by atoms with Gasteiger partial charge in [0.25, 0.3) is 0 Å². The standard InChI is InChI=1S/C5H9N5/c6-2-1-3-10-5(9)4(7)8/h1-3,9H,6H2,(H3,7,8). The zero-order chi connectivity index (χ0) is 7.98. The maximum atomic E-state index is 6.90. The molecule has 0 aromatic heterocycles. The van der Waals surface area contributed by atoms with Crippen LogP contribution in [-0.4, -0.2) is 17.9 Å². The molecule has 0 aliphatic heterocycles. The molecule has 0 aromatic rings. The third-order valence-electron chi connectivity index (χ3n) is 0.656. The Balaban J connectivity index is 3.90. The molecule has 0 unspecified atom stereocenters. The first-order valence-corrected chi connectivity index (χ1v) is 2.52. The third kappa shape index (κ3) is 3.36. The Labute approximate surface area is 58.5 Å². The predicted molar refractivity (Wildman–Crippen MR) is 41.5 cm³/mol. The highest BCUT2D eigenvalue weighted by molar-refractivity contribution is 6.38. The van der Waals surface area contributed by atoms with Crippen molar-refractivity contribution in [2.45, 2.75) is 0 Å². The Hall–Kier alpha value is -1.65. The number of aliphatic imine (C=N–C) groups is 1. The Morgan fingerprint density at radius 1 is 1.40 bits per heavy atom. The molecule has 0 aliphatic carbocycles. The van der Waals surface area contributed by atoms with E-state index in [2.05, 4.69) is 4.99 Å². The number of nitrogens with one attached hydrogen (secondary N) is 2. The van der Waals surface area contributed by atoms with Gasteiger partial charge in [-0.2, -0.15) is 0 Å². The van der Waals surface area contributed by atoms with Gasteiger partial charge in [0.1, 0.15) is 0 Å². The molecule has 0 fully saturated rings. The van der Waals surface area contributed by atoms with Crippen LogP contribution in [0.4, 0.5) is 0 Å². The molecule has 0 atom stereocenters. The van der Waals surface area contributed by atoms with Crippen LogP contribution in [0.5, 0.6) is 0 Å². The Bertz CT molecular complexity index is 190. The molecule has 0 aliphatic rings. The van der Waals surface area contributed by atoms with E-state index in [0.29, 0.717) is 0 Å². The summed E-state index contributed by atoms with van der Waals surface area (Å²) in [6.07, 6.45) is 4.01. The molecule has 10 heavy (non-hydrogen) atoms. The lowest BCUT2D eigenvalue weighted by atomic mass is 10.5. The fourth-order valence-corrected chi connectivity index (χ4v) is 0.237. The minimum Gasteiger partial charge on any atom is -0.405 e. The van der Waals surface area contributed by atoms with Crippen molar-refractivity contribution < 1.29 is 0 Å². The number of nitrogens with two attached hydrogens (primary N) is 2. The predicted octanol–water partition coefficient (Wildman–Crippen LogP) is -0.557. The molecule has 5 nitrogen and oxygen atoms in total. The van der Waals surface area contributed by atoms with Gasteiger partial charge in [-0.25, -0.2) is 4.99 Å². The molecular formula is C5H9N5.